The highest BCUT2D eigenvalue weighted by atomic mass is 14.8. The Balaban J connectivity index is 1.84. The Morgan fingerprint density at radius 3 is 1.88 bits per heavy atom. The maximum absolute atomic E-state index is 4.77. The number of pyridine rings is 4. The summed E-state index contributed by atoms with van der Waals surface area (Å²) in [6.45, 7) is 0. The Morgan fingerprint density at radius 2 is 1.12 bits per heavy atom. The molecule has 4 aromatic rings. The molecule has 4 rings (SSSR count). The van der Waals surface area contributed by atoms with Gasteiger partial charge < -0.3 is 0 Å². The Hall–Kier alpha value is -3.40. The molecule has 0 aliphatic rings. The number of aromatic nitrogens is 4. The summed E-state index contributed by atoms with van der Waals surface area (Å²) in [7, 11) is 0. The third-order valence-electron chi connectivity index (χ3n) is 3.67. The molecule has 0 atom stereocenters. The quantitative estimate of drug-likeness (QED) is 0.567. The van der Waals surface area contributed by atoms with E-state index < -0.39 is 0 Å². The molecule has 0 aromatic carbocycles. The number of nitrogens with zero attached hydrogens (tertiary/aromatic N) is 4. The molecule has 4 heteroatoms. The summed E-state index contributed by atoms with van der Waals surface area (Å²) in [4.78, 5) is 18.1. The third kappa shape index (κ3) is 2.77. The van der Waals surface area contributed by atoms with Gasteiger partial charge in [-0.05, 0) is 48.5 Å². The predicted molar refractivity (Wildman–Crippen MR) is 93.9 cm³/mol. The van der Waals surface area contributed by atoms with Crippen molar-refractivity contribution in [1.82, 2.24) is 19.9 Å². The minimum Gasteiger partial charge on any atom is -0.255 e. The van der Waals surface area contributed by atoms with Crippen LogP contribution in [0, 0.1) is 0 Å². The Labute approximate surface area is 139 Å². The number of rotatable bonds is 3. The van der Waals surface area contributed by atoms with E-state index in [1.165, 1.54) is 0 Å². The molecule has 0 N–H and O–H groups in total. The average molecular weight is 310 g/mol. The second kappa shape index (κ2) is 6.38. The maximum atomic E-state index is 4.77. The zero-order chi connectivity index (χ0) is 16.2. The average Bonchev–Trinajstić information content (AvgIpc) is 2.69. The normalized spacial score (nSPS) is 10.5. The highest BCUT2D eigenvalue weighted by molar-refractivity contribution is 5.77. The Kier molecular flexibility index (Phi) is 3.78. The lowest BCUT2D eigenvalue weighted by Crippen LogP contribution is -1.94. The molecular formula is C20H14N4. The molecular weight excluding hydrogens is 296 g/mol. The summed E-state index contributed by atoms with van der Waals surface area (Å²) in [5, 5.41) is 0. The van der Waals surface area contributed by atoms with Gasteiger partial charge in [-0.3, -0.25) is 15.0 Å². The smallest absolute Gasteiger partial charge is 0.0980 e. The maximum Gasteiger partial charge on any atom is 0.0980 e. The summed E-state index contributed by atoms with van der Waals surface area (Å²) in [5.74, 6) is 0. The van der Waals surface area contributed by atoms with E-state index in [0.29, 0.717) is 0 Å². The second-order valence-corrected chi connectivity index (χ2v) is 5.24. The molecule has 4 nitrogen and oxygen atoms in total. The van der Waals surface area contributed by atoms with Crippen LogP contribution in [0.5, 0.6) is 0 Å². The van der Waals surface area contributed by atoms with Crippen LogP contribution in [0.1, 0.15) is 0 Å². The molecule has 0 saturated carbocycles. The van der Waals surface area contributed by atoms with E-state index in [-0.39, 0.29) is 0 Å². The van der Waals surface area contributed by atoms with Crippen LogP contribution in [0.4, 0.5) is 0 Å². The topological polar surface area (TPSA) is 51.6 Å². The van der Waals surface area contributed by atoms with Gasteiger partial charge in [0.1, 0.15) is 0 Å². The first-order valence-electron chi connectivity index (χ1n) is 7.67. The van der Waals surface area contributed by atoms with Crippen molar-refractivity contribution < 1.29 is 0 Å². The molecule has 114 valence electrons. The van der Waals surface area contributed by atoms with Crippen molar-refractivity contribution in [1.29, 1.82) is 0 Å². The molecule has 0 spiro atoms. The number of hydrogen-bond acceptors (Lipinski definition) is 4. The molecule has 4 heterocycles. The van der Waals surface area contributed by atoms with E-state index in [4.69, 9.17) is 4.98 Å². The zero-order valence-corrected chi connectivity index (χ0v) is 12.9. The van der Waals surface area contributed by atoms with Gasteiger partial charge in [-0.1, -0.05) is 18.2 Å². The van der Waals surface area contributed by atoms with Gasteiger partial charge in [-0.2, -0.15) is 0 Å². The van der Waals surface area contributed by atoms with Crippen molar-refractivity contribution in [2.45, 2.75) is 0 Å². The molecule has 0 saturated heterocycles. The lowest BCUT2D eigenvalue weighted by Gasteiger charge is -2.09. The van der Waals surface area contributed by atoms with Crippen LogP contribution in [0.2, 0.25) is 0 Å². The van der Waals surface area contributed by atoms with E-state index in [0.717, 1.165) is 34.0 Å². The van der Waals surface area contributed by atoms with Crippen LogP contribution in [-0.4, -0.2) is 19.9 Å². The predicted octanol–water partition coefficient (Wildman–Crippen LogP) is 4.27. The van der Waals surface area contributed by atoms with Gasteiger partial charge in [0.05, 0.1) is 28.5 Å². The lowest BCUT2D eigenvalue weighted by molar-refractivity contribution is 1.22. The van der Waals surface area contributed by atoms with Gasteiger partial charge in [-0.15, -0.1) is 0 Å². The van der Waals surface area contributed by atoms with Crippen LogP contribution in [0.15, 0.2) is 85.3 Å². The molecule has 24 heavy (non-hydrogen) atoms. The third-order valence-corrected chi connectivity index (χ3v) is 3.67. The van der Waals surface area contributed by atoms with Crippen molar-refractivity contribution >= 4 is 0 Å². The SMILES string of the molecule is c1ccc(-c2cccc(-c3cccnc3-c3ccccn3)n2)nc1. The van der Waals surface area contributed by atoms with Crippen molar-refractivity contribution in [3.63, 3.8) is 0 Å². The summed E-state index contributed by atoms with van der Waals surface area (Å²) < 4.78 is 0. The fourth-order valence-corrected chi connectivity index (χ4v) is 2.56. The summed E-state index contributed by atoms with van der Waals surface area (Å²) in [5.41, 5.74) is 5.15. The molecule has 0 aliphatic heterocycles. The first-order chi connectivity index (χ1) is 11.9. The van der Waals surface area contributed by atoms with Crippen molar-refractivity contribution in [2.75, 3.05) is 0 Å². The highest BCUT2D eigenvalue weighted by Crippen LogP contribution is 2.28. The fraction of sp³-hybridized carbons (Fsp3) is 0. The van der Waals surface area contributed by atoms with Gasteiger partial charge in [0.15, 0.2) is 0 Å². The zero-order valence-electron chi connectivity index (χ0n) is 12.9. The van der Waals surface area contributed by atoms with Gasteiger partial charge >= 0.3 is 0 Å². The molecule has 0 bridgehead atoms. The molecule has 0 unspecified atom stereocenters. The van der Waals surface area contributed by atoms with E-state index in [9.17, 15) is 0 Å². The van der Waals surface area contributed by atoms with E-state index in [1.807, 2.05) is 66.7 Å². The lowest BCUT2D eigenvalue weighted by atomic mass is 10.1. The van der Waals surface area contributed by atoms with E-state index in [1.54, 1.807) is 18.6 Å². The van der Waals surface area contributed by atoms with Gasteiger partial charge in [0, 0.05) is 24.2 Å². The summed E-state index contributed by atoms with van der Waals surface area (Å²) in [6, 6.07) is 21.5. The molecule has 0 fully saturated rings. The van der Waals surface area contributed by atoms with Crippen molar-refractivity contribution in [3.05, 3.63) is 85.3 Å². The Morgan fingerprint density at radius 1 is 0.458 bits per heavy atom. The van der Waals surface area contributed by atoms with Crippen LogP contribution in [0.3, 0.4) is 0 Å². The minimum atomic E-state index is 0.823. The van der Waals surface area contributed by atoms with Crippen LogP contribution in [-0.2, 0) is 0 Å². The number of hydrogen-bond donors (Lipinski definition) is 0. The largest absolute Gasteiger partial charge is 0.255 e. The second-order valence-electron chi connectivity index (χ2n) is 5.24. The van der Waals surface area contributed by atoms with Crippen molar-refractivity contribution in [3.8, 4) is 34.0 Å². The highest BCUT2D eigenvalue weighted by Gasteiger charge is 2.11. The van der Waals surface area contributed by atoms with Crippen LogP contribution < -0.4 is 0 Å². The standard InChI is InChI=1S/C20H14N4/c1-3-12-21-17(8-1)18-11-5-10-16(24-18)15-7-6-14-23-20(15)19-9-2-4-13-22-19/h1-14H. The van der Waals surface area contributed by atoms with Gasteiger partial charge in [-0.25, -0.2) is 4.98 Å². The monoisotopic (exact) mass is 310 g/mol. The van der Waals surface area contributed by atoms with E-state index in [2.05, 4.69) is 15.0 Å². The summed E-state index contributed by atoms with van der Waals surface area (Å²) in [6.07, 6.45) is 5.31. The van der Waals surface area contributed by atoms with Crippen molar-refractivity contribution in [2.24, 2.45) is 0 Å². The first kappa shape index (κ1) is 14.2. The first-order valence-corrected chi connectivity index (χ1v) is 7.67. The minimum absolute atomic E-state index is 0.823. The molecule has 0 amide bonds. The Bertz CT molecular complexity index is 953. The van der Waals surface area contributed by atoms with Crippen LogP contribution >= 0.6 is 0 Å². The molecule has 4 aromatic heterocycles. The van der Waals surface area contributed by atoms with E-state index >= 15 is 0 Å². The molecule has 0 aliphatic carbocycles. The fourth-order valence-electron chi connectivity index (χ4n) is 2.56. The van der Waals surface area contributed by atoms with Crippen LogP contribution in [0.25, 0.3) is 34.0 Å². The summed E-state index contributed by atoms with van der Waals surface area (Å²) >= 11 is 0. The molecule has 0 radical (unpaired) electrons. The van der Waals surface area contributed by atoms with Gasteiger partial charge in [0.25, 0.3) is 0 Å². The van der Waals surface area contributed by atoms with Gasteiger partial charge in [0.2, 0.25) is 0 Å².